The number of halogens is 2. The molecule has 1 aliphatic rings. The molecule has 3 nitrogen and oxygen atoms in total. The van der Waals surface area contributed by atoms with Crippen LogP contribution in [-0.2, 0) is 4.79 Å². The van der Waals surface area contributed by atoms with Crippen LogP contribution in [0.15, 0.2) is 16.6 Å². The molecule has 1 N–H and O–H groups in total. The molecule has 1 atom stereocenters. The number of fused-ring (bicyclic) bond motifs is 1. The van der Waals surface area contributed by atoms with E-state index in [2.05, 4.69) is 21.2 Å². The number of nitrogens with one attached hydrogen (secondary N) is 1. The van der Waals surface area contributed by atoms with Crippen molar-refractivity contribution in [3.05, 3.63) is 21.6 Å². The number of anilines is 1. The Labute approximate surface area is 101 Å². The molecule has 15 heavy (non-hydrogen) atoms. The first kappa shape index (κ1) is 10.8. The maximum Gasteiger partial charge on any atom is 0.230 e. The third-order valence-corrected chi connectivity index (χ3v) is 2.93. The molecule has 1 aliphatic heterocycles. The van der Waals surface area contributed by atoms with Crippen molar-refractivity contribution in [1.29, 1.82) is 0 Å². The molecule has 0 bridgehead atoms. The average Bonchev–Trinajstić information content (AvgIpc) is 2.27. The van der Waals surface area contributed by atoms with Crippen LogP contribution >= 0.6 is 27.5 Å². The summed E-state index contributed by atoms with van der Waals surface area (Å²) in [7, 11) is 0. The molecule has 1 aromatic carbocycles. The van der Waals surface area contributed by atoms with Gasteiger partial charge in [-0.15, -0.1) is 0 Å². The number of hydrogen-bond acceptors (Lipinski definition) is 2. The molecule has 0 radical (unpaired) electrons. The summed E-state index contributed by atoms with van der Waals surface area (Å²) in [6, 6.07) is 3.51. The van der Waals surface area contributed by atoms with Crippen molar-refractivity contribution in [2.24, 2.45) is 5.92 Å². The Morgan fingerprint density at radius 1 is 1.60 bits per heavy atom. The fraction of sp³-hybridized carbons (Fsp3) is 0.300. The lowest BCUT2D eigenvalue weighted by Crippen LogP contribution is -2.21. The SMILES string of the molecule is CC1COc2c(Cl)cc(Br)cc2NC1=O. The first-order chi connectivity index (χ1) is 7.08. The van der Waals surface area contributed by atoms with Gasteiger partial charge in [-0.2, -0.15) is 0 Å². The molecule has 1 aromatic rings. The number of ether oxygens (including phenoxy) is 1. The van der Waals surface area contributed by atoms with Crippen LogP contribution in [0.2, 0.25) is 5.02 Å². The molecular formula is C10H9BrClNO2. The van der Waals surface area contributed by atoms with Crippen LogP contribution in [0.5, 0.6) is 5.75 Å². The van der Waals surface area contributed by atoms with Gasteiger partial charge in [0.2, 0.25) is 5.91 Å². The highest BCUT2D eigenvalue weighted by Gasteiger charge is 2.22. The van der Waals surface area contributed by atoms with Gasteiger partial charge in [0.25, 0.3) is 0 Å². The van der Waals surface area contributed by atoms with Crippen LogP contribution in [0.4, 0.5) is 5.69 Å². The molecule has 0 saturated heterocycles. The van der Waals surface area contributed by atoms with Crippen LogP contribution in [0.1, 0.15) is 6.92 Å². The number of hydrogen-bond donors (Lipinski definition) is 1. The fourth-order valence-electron chi connectivity index (χ4n) is 1.34. The van der Waals surface area contributed by atoms with Crippen molar-refractivity contribution < 1.29 is 9.53 Å². The second-order valence-electron chi connectivity index (χ2n) is 3.47. The molecule has 2 rings (SSSR count). The normalized spacial score (nSPS) is 19.9. The van der Waals surface area contributed by atoms with E-state index in [1.807, 2.05) is 6.92 Å². The van der Waals surface area contributed by atoms with E-state index in [-0.39, 0.29) is 11.8 Å². The van der Waals surface area contributed by atoms with Gasteiger partial charge < -0.3 is 10.1 Å². The number of carbonyl (C=O) groups is 1. The van der Waals surface area contributed by atoms with Gasteiger partial charge in [0, 0.05) is 4.47 Å². The molecule has 1 heterocycles. The standard InChI is InChI=1S/C10H9BrClNO2/c1-5-4-15-9-7(12)2-6(11)3-8(9)13-10(5)14/h2-3,5H,4H2,1H3,(H,13,14). The fourth-order valence-corrected chi connectivity index (χ4v) is 2.20. The van der Waals surface area contributed by atoms with Crippen molar-refractivity contribution in [1.82, 2.24) is 0 Å². The minimum absolute atomic E-state index is 0.0529. The van der Waals surface area contributed by atoms with Gasteiger partial charge >= 0.3 is 0 Å². The molecule has 0 fully saturated rings. The molecule has 0 saturated carbocycles. The number of carbonyl (C=O) groups excluding carboxylic acids is 1. The smallest absolute Gasteiger partial charge is 0.230 e. The summed E-state index contributed by atoms with van der Waals surface area (Å²) in [4.78, 5) is 11.5. The Hall–Kier alpha value is -0.740. The van der Waals surface area contributed by atoms with Crippen molar-refractivity contribution in [2.45, 2.75) is 6.92 Å². The molecule has 80 valence electrons. The molecule has 1 amide bonds. The van der Waals surface area contributed by atoms with Gasteiger partial charge in [0.15, 0.2) is 5.75 Å². The van der Waals surface area contributed by atoms with Crippen molar-refractivity contribution in [3.63, 3.8) is 0 Å². The van der Waals surface area contributed by atoms with Gasteiger partial charge in [-0.05, 0) is 12.1 Å². The summed E-state index contributed by atoms with van der Waals surface area (Å²) >= 11 is 9.32. The number of rotatable bonds is 0. The lowest BCUT2D eigenvalue weighted by molar-refractivity contribution is -0.119. The van der Waals surface area contributed by atoms with Crippen LogP contribution < -0.4 is 10.1 Å². The van der Waals surface area contributed by atoms with Gasteiger partial charge in [-0.1, -0.05) is 34.5 Å². The summed E-state index contributed by atoms with van der Waals surface area (Å²) < 4.78 is 6.29. The van der Waals surface area contributed by atoms with Crippen molar-refractivity contribution in [2.75, 3.05) is 11.9 Å². The zero-order valence-corrected chi connectivity index (χ0v) is 10.4. The van der Waals surface area contributed by atoms with Crippen LogP contribution in [0, 0.1) is 5.92 Å². The highest BCUT2D eigenvalue weighted by Crippen LogP contribution is 2.38. The molecule has 5 heteroatoms. The zero-order valence-electron chi connectivity index (χ0n) is 8.01. The largest absolute Gasteiger partial charge is 0.489 e. The monoisotopic (exact) mass is 289 g/mol. The van der Waals surface area contributed by atoms with Crippen LogP contribution in [0.25, 0.3) is 0 Å². The third kappa shape index (κ3) is 2.11. The molecule has 0 aliphatic carbocycles. The Morgan fingerprint density at radius 3 is 3.07 bits per heavy atom. The summed E-state index contributed by atoms with van der Waals surface area (Å²) in [6.07, 6.45) is 0. The molecular weight excluding hydrogens is 281 g/mol. The highest BCUT2D eigenvalue weighted by molar-refractivity contribution is 9.10. The first-order valence-electron chi connectivity index (χ1n) is 4.50. The van der Waals surface area contributed by atoms with Gasteiger partial charge in [-0.25, -0.2) is 0 Å². The first-order valence-corrected chi connectivity index (χ1v) is 5.67. The van der Waals surface area contributed by atoms with Crippen LogP contribution in [-0.4, -0.2) is 12.5 Å². The minimum Gasteiger partial charge on any atom is -0.489 e. The third-order valence-electron chi connectivity index (χ3n) is 2.19. The summed E-state index contributed by atoms with van der Waals surface area (Å²) in [5, 5.41) is 3.27. The second-order valence-corrected chi connectivity index (χ2v) is 4.79. The predicted molar refractivity (Wildman–Crippen MR) is 62.4 cm³/mol. The minimum atomic E-state index is -0.174. The topological polar surface area (TPSA) is 38.3 Å². The molecule has 0 aromatic heterocycles. The quantitative estimate of drug-likeness (QED) is 0.797. The number of amides is 1. The molecule has 1 unspecified atom stereocenters. The Kier molecular flexibility index (Phi) is 2.89. The summed E-state index contributed by atoms with van der Waals surface area (Å²) in [5.41, 5.74) is 0.615. The maximum absolute atomic E-state index is 11.5. The van der Waals surface area contributed by atoms with E-state index in [4.69, 9.17) is 16.3 Å². The van der Waals surface area contributed by atoms with E-state index in [1.165, 1.54) is 0 Å². The van der Waals surface area contributed by atoms with E-state index < -0.39 is 0 Å². The highest BCUT2D eigenvalue weighted by atomic mass is 79.9. The second kappa shape index (κ2) is 4.02. The van der Waals surface area contributed by atoms with Crippen molar-refractivity contribution in [3.8, 4) is 5.75 Å². The Bertz CT molecular complexity index is 422. The van der Waals surface area contributed by atoms with E-state index in [0.717, 1.165) is 4.47 Å². The Balaban J connectivity index is 2.47. The van der Waals surface area contributed by atoms with E-state index in [0.29, 0.717) is 23.1 Å². The summed E-state index contributed by atoms with van der Waals surface area (Å²) in [5.74, 6) is 0.313. The van der Waals surface area contributed by atoms with E-state index >= 15 is 0 Å². The lowest BCUT2D eigenvalue weighted by atomic mass is 10.2. The number of benzene rings is 1. The average molecular weight is 291 g/mol. The van der Waals surface area contributed by atoms with Gasteiger partial charge in [0.1, 0.15) is 0 Å². The Morgan fingerprint density at radius 2 is 2.33 bits per heavy atom. The van der Waals surface area contributed by atoms with Crippen molar-refractivity contribution >= 4 is 39.1 Å². The predicted octanol–water partition coefficient (Wildman–Crippen LogP) is 3.07. The van der Waals surface area contributed by atoms with Gasteiger partial charge in [-0.3, -0.25) is 4.79 Å². The zero-order chi connectivity index (χ0) is 11.0. The molecule has 0 spiro atoms. The lowest BCUT2D eigenvalue weighted by Gasteiger charge is -2.09. The van der Waals surface area contributed by atoms with E-state index in [1.54, 1.807) is 12.1 Å². The maximum atomic E-state index is 11.5. The van der Waals surface area contributed by atoms with Crippen LogP contribution in [0.3, 0.4) is 0 Å². The van der Waals surface area contributed by atoms with E-state index in [9.17, 15) is 4.79 Å². The summed E-state index contributed by atoms with van der Waals surface area (Å²) in [6.45, 7) is 2.16. The van der Waals surface area contributed by atoms with Gasteiger partial charge in [0.05, 0.1) is 23.2 Å².